The molecule has 0 fully saturated rings. The van der Waals surface area contributed by atoms with Gasteiger partial charge in [-0.3, -0.25) is 0 Å². The zero-order valence-corrected chi connectivity index (χ0v) is 59.3. The molecule has 15 aromatic carbocycles. The molecule has 4 aliphatic rings. The van der Waals surface area contributed by atoms with E-state index in [0.29, 0.717) is 22.8 Å². The first-order chi connectivity index (χ1) is 54.4. The number of benzene rings is 15. The highest BCUT2D eigenvalue weighted by atomic mass is 16.5. The molecular weight excluding hydrogens is 1340 g/mol. The van der Waals surface area contributed by atoms with Crippen molar-refractivity contribution in [3.8, 4) is 159 Å². The second-order valence-corrected chi connectivity index (χ2v) is 28.0. The van der Waals surface area contributed by atoms with Gasteiger partial charge in [0, 0.05) is 55.6 Å². The molecule has 0 bridgehead atoms. The van der Waals surface area contributed by atoms with Crippen molar-refractivity contribution in [3.05, 3.63) is 432 Å². The Labute approximate surface area is 637 Å². The van der Waals surface area contributed by atoms with Crippen molar-refractivity contribution in [2.45, 2.75) is 10.8 Å². The zero-order valence-electron chi connectivity index (χ0n) is 59.3. The molecule has 0 radical (unpaired) electrons. The molecule has 17 aromatic rings. The average Bonchev–Trinajstić information content (AvgIpc) is 1.27. The summed E-state index contributed by atoms with van der Waals surface area (Å²) in [5.41, 5.74) is 29.7. The minimum absolute atomic E-state index is 0.601. The molecule has 0 saturated carbocycles. The molecule has 2 unspecified atom stereocenters. The highest BCUT2D eigenvalue weighted by Gasteiger charge is 2.54. The summed E-state index contributed by atoms with van der Waals surface area (Å²) < 4.78 is 14.0. The summed E-state index contributed by atoms with van der Waals surface area (Å²) in [7, 11) is 0. The summed E-state index contributed by atoms with van der Waals surface area (Å²) >= 11 is 0. The fraction of sp³-hybridized carbons (Fsp3) is 0.0196. The van der Waals surface area contributed by atoms with Crippen LogP contribution in [0, 0.1) is 22.7 Å². The molecule has 0 amide bonds. The van der Waals surface area contributed by atoms with Crippen LogP contribution in [0.1, 0.15) is 55.6 Å². The second kappa shape index (κ2) is 26.6. The number of para-hydroxylation sites is 4. The molecule has 2 aliphatic carbocycles. The van der Waals surface area contributed by atoms with Crippen LogP contribution in [0.3, 0.4) is 0 Å². The van der Waals surface area contributed by atoms with Crippen LogP contribution in [-0.4, -0.2) is 19.9 Å². The van der Waals surface area contributed by atoms with Crippen LogP contribution < -0.4 is 9.47 Å². The predicted molar refractivity (Wildman–Crippen MR) is 437 cm³/mol. The van der Waals surface area contributed by atoms with Crippen molar-refractivity contribution in [3.63, 3.8) is 0 Å². The number of ether oxygens (including phenoxy) is 2. The maximum absolute atomic E-state index is 9.54. The van der Waals surface area contributed by atoms with E-state index in [-0.39, 0.29) is 0 Å². The number of rotatable bonds is 9. The van der Waals surface area contributed by atoms with Crippen LogP contribution in [0.15, 0.2) is 376 Å². The molecule has 2 aliphatic heterocycles. The SMILES string of the molecule is N#Cc1ccc(-c2cccc3c2-c2ccccc2C32c3ccccc3Oc3c(-c4ccc(-c5nc(-c6ccccc6)cc(-c6ccccc6)n5)cc4)cccc32)cc1.N#Cc1ccc(-c2cccc3c2-c2ccccc2C32c3ccccc3Oc3c(-c4nc(-c5ccccc5)cc(-c5ccccc5)n4)cccc32)cc1. The molecule has 2 aromatic heterocycles. The van der Waals surface area contributed by atoms with Gasteiger partial charge in [-0.15, -0.1) is 0 Å². The van der Waals surface area contributed by atoms with Crippen LogP contribution >= 0.6 is 0 Å². The third-order valence-electron chi connectivity index (χ3n) is 22.1. The Balaban J connectivity index is 0.000000145. The van der Waals surface area contributed by atoms with Crippen molar-refractivity contribution in [2.24, 2.45) is 0 Å². The summed E-state index contributed by atoms with van der Waals surface area (Å²) in [6, 6.07) is 135. The van der Waals surface area contributed by atoms with E-state index >= 15 is 0 Å². The summed E-state index contributed by atoms with van der Waals surface area (Å²) in [5, 5.41) is 19.1. The highest BCUT2D eigenvalue weighted by molar-refractivity contribution is 5.99. The van der Waals surface area contributed by atoms with E-state index in [1.807, 2.05) is 115 Å². The maximum Gasteiger partial charge on any atom is 0.164 e. The standard InChI is InChI=1S/C54H33N3O.C48H29N3O/c55-34-35-25-27-36(28-26-35)41-18-11-22-46-51(41)43-17-7-8-20-44(43)54(46)45-21-9-10-24-50(45)58-52-42(19-12-23-47(52)54)37-29-31-40(32-30-37)53-56-48(38-13-3-1-4-14-38)33-49(57-53)39-15-5-2-6-16-39;49-30-31-25-27-32(28-26-31)35-18-11-22-40-45(35)36-17-7-8-20-38(36)48(40)39-21-9-10-24-44(39)52-46-37(19-12-23-41(46)48)47-50-42(33-13-3-1-4-14-33)29-43(51-47)34-15-5-2-6-16-34/h1-33H;1-29H. The number of nitrogens with zero attached hydrogens (tertiary/aromatic N) is 6. The second-order valence-electron chi connectivity index (χ2n) is 28.0. The van der Waals surface area contributed by atoms with Gasteiger partial charge in [-0.2, -0.15) is 10.5 Å². The smallest absolute Gasteiger partial charge is 0.164 e. The van der Waals surface area contributed by atoms with E-state index in [1.165, 1.54) is 44.5 Å². The Bertz CT molecular complexity index is 6480. The lowest BCUT2D eigenvalue weighted by atomic mass is 9.65. The van der Waals surface area contributed by atoms with Gasteiger partial charge in [-0.25, -0.2) is 19.9 Å². The molecule has 512 valence electrons. The molecule has 110 heavy (non-hydrogen) atoms. The zero-order chi connectivity index (χ0) is 73.3. The molecule has 2 atom stereocenters. The fourth-order valence-electron chi connectivity index (χ4n) is 17.2. The molecule has 4 heterocycles. The monoisotopic (exact) mass is 1400 g/mol. The van der Waals surface area contributed by atoms with Gasteiger partial charge >= 0.3 is 0 Å². The number of fused-ring (bicyclic) bond motifs is 18. The summed E-state index contributed by atoms with van der Waals surface area (Å²) in [6.07, 6.45) is 0. The highest BCUT2D eigenvalue weighted by Crippen LogP contribution is 2.67. The van der Waals surface area contributed by atoms with Crippen LogP contribution in [0.2, 0.25) is 0 Å². The van der Waals surface area contributed by atoms with Gasteiger partial charge in [0.05, 0.1) is 62.4 Å². The van der Waals surface area contributed by atoms with Gasteiger partial charge in [0.25, 0.3) is 0 Å². The normalized spacial score (nSPS) is 14.6. The number of nitriles is 2. The van der Waals surface area contributed by atoms with E-state index in [2.05, 4.69) is 273 Å². The number of aromatic nitrogens is 4. The lowest BCUT2D eigenvalue weighted by molar-refractivity contribution is 0.437. The third-order valence-corrected chi connectivity index (χ3v) is 22.1. The van der Waals surface area contributed by atoms with Gasteiger partial charge in [0.1, 0.15) is 23.0 Å². The van der Waals surface area contributed by atoms with Gasteiger partial charge < -0.3 is 9.47 Å². The van der Waals surface area contributed by atoms with Crippen molar-refractivity contribution in [1.29, 1.82) is 10.5 Å². The predicted octanol–water partition coefficient (Wildman–Crippen LogP) is 24.6. The van der Waals surface area contributed by atoms with Gasteiger partial charge in [0.15, 0.2) is 11.6 Å². The van der Waals surface area contributed by atoms with E-state index < -0.39 is 10.8 Å². The first-order valence-electron chi connectivity index (χ1n) is 36.8. The van der Waals surface area contributed by atoms with E-state index in [4.69, 9.17) is 29.4 Å². The average molecular weight is 1400 g/mol. The molecule has 21 rings (SSSR count). The lowest BCUT2D eigenvalue weighted by Gasteiger charge is -2.40. The molecule has 2 spiro atoms. The van der Waals surface area contributed by atoms with Crippen LogP contribution in [0.25, 0.3) is 123 Å². The van der Waals surface area contributed by atoms with Crippen molar-refractivity contribution >= 4 is 0 Å². The third kappa shape index (κ3) is 10.4. The van der Waals surface area contributed by atoms with Crippen LogP contribution in [0.5, 0.6) is 23.0 Å². The molecule has 0 saturated heterocycles. The Morgan fingerprint density at radius 1 is 0.218 bits per heavy atom. The van der Waals surface area contributed by atoms with E-state index in [1.54, 1.807) is 0 Å². The minimum atomic E-state index is -0.673. The minimum Gasteiger partial charge on any atom is -0.456 e. The van der Waals surface area contributed by atoms with Crippen molar-refractivity contribution in [1.82, 2.24) is 19.9 Å². The van der Waals surface area contributed by atoms with E-state index in [9.17, 15) is 10.5 Å². The van der Waals surface area contributed by atoms with Gasteiger partial charge in [0.2, 0.25) is 0 Å². The fourth-order valence-corrected chi connectivity index (χ4v) is 17.2. The summed E-state index contributed by atoms with van der Waals surface area (Å²) in [4.78, 5) is 20.6. The Morgan fingerprint density at radius 3 is 0.918 bits per heavy atom. The van der Waals surface area contributed by atoms with Crippen molar-refractivity contribution in [2.75, 3.05) is 0 Å². The first kappa shape index (κ1) is 64.6. The molecule has 8 heteroatoms. The summed E-state index contributed by atoms with van der Waals surface area (Å²) in [6.45, 7) is 0. The number of hydrogen-bond donors (Lipinski definition) is 0. The van der Waals surface area contributed by atoms with Crippen molar-refractivity contribution < 1.29 is 9.47 Å². The molecule has 8 nitrogen and oxygen atoms in total. The van der Waals surface area contributed by atoms with E-state index in [0.717, 1.165) is 135 Å². The number of hydrogen-bond acceptors (Lipinski definition) is 8. The molecule has 0 N–H and O–H groups in total. The lowest BCUT2D eigenvalue weighted by Crippen LogP contribution is -2.32. The van der Waals surface area contributed by atoms with Gasteiger partial charge in [-0.05, 0) is 127 Å². The Kier molecular flexibility index (Phi) is 15.6. The quantitative estimate of drug-likeness (QED) is 0.140. The van der Waals surface area contributed by atoms with Gasteiger partial charge in [-0.1, -0.05) is 322 Å². The molecular formula is C102H62N6O2. The Morgan fingerprint density at radius 2 is 0.509 bits per heavy atom. The summed E-state index contributed by atoms with van der Waals surface area (Å²) in [5.74, 6) is 4.50. The topological polar surface area (TPSA) is 118 Å². The first-order valence-corrected chi connectivity index (χ1v) is 36.8. The maximum atomic E-state index is 9.54. The Hall–Kier alpha value is -15.0. The van der Waals surface area contributed by atoms with Crippen LogP contribution in [-0.2, 0) is 10.8 Å². The largest absolute Gasteiger partial charge is 0.456 e. The van der Waals surface area contributed by atoms with Crippen LogP contribution in [0.4, 0.5) is 0 Å².